The van der Waals surface area contributed by atoms with E-state index in [1.807, 2.05) is 68.4 Å². The molecule has 3 aromatic rings. The number of alkyl carbamates (subject to hydrolysis) is 1. The number of carbonyl (C=O) groups is 2. The number of methoxy groups -OCH3 is 1. The van der Waals surface area contributed by atoms with Crippen LogP contribution in [0.3, 0.4) is 0 Å². The lowest BCUT2D eigenvalue weighted by Crippen LogP contribution is -2.49. The number of rotatable bonds is 17. The molecular weight excluding hydrogens is 658 g/mol. The largest absolute Gasteiger partial charge is 0.490 e. The SMILES string of the molecule is CNC(=O)OCCc1ccc(Cl)c(CNC(=O)C2=C(c3ccc(OCCOc4c(C)cccc4C)cc3)CCN(C3CC3)[C@@H]2COCOC)c1. The number of benzene rings is 3. The van der Waals surface area contributed by atoms with Gasteiger partial charge in [0.25, 0.3) is 0 Å². The van der Waals surface area contributed by atoms with Crippen LogP contribution in [0.25, 0.3) is 5.57 Å². The Morgan fingerprint density at radius 2 is 1.70 bits per heavy atom. The van der Waals surface area contributed by atoms with Crippen LogP contribution in [0.5, 0.6) is 11.5 Å². The third-order valence-corrected chi connectivity index (χ3v) is 9.37. The highest BCUT2D eigenvalue weighted by Crippen LogP contribution is 2.39. The fourth-order valence-electron chi connectivity index (χ4n) is 6.36. The third kappa shape index (κ3) is 10.0. The second kappa shape index (κ2) is 18.2. The summed E-state index contributed by atoms with van der Waals surface area (Å²) in [5.41, 5.74) is 6.58. The van der Waals surface area contributed by atoms with Crippen LogP contribution in [0.15, 0.2) is 66.2 Å². The quantitative estimate of drug-likeness (QED) is 0.126. The minimum absolute atomic E-state index is 0.143. The summed E-state index contributed by atoms with van der Waals surface area (Å²) in [5, 5.41) is 6.15. The molecule has 1 saturated carbocycles. The lowest BCUT2D eigenvalue weighted by atomic mass is 9.87. The topological polar surface area (TPSA) is 108 Å². The van der Waals surface area contributed by atoms with Gasteiger partial charge in [-0.05, 0) is 84.7 Å². The van der Waals surface area contributed by atoms with Crippen LogP contribution in [-0.4, -0.2) is 82.9 Å². The Bertz CT molecular complexity index is 1620. The number of para-hydroxylation sites is 1. The monoisotopic (exact) mass is 705 g/mol. The van der Waals surface area contributed by atoms with Gasteiger partial charge in [0, 0.05) is 50.3 Å². The van der Waals surface area contributed by atoms with Crippen molar-refractivity contribution in [2.45, 2.75) is 58.2 Å². The molecule has 0 aromatic heterocycles. The molecule has 1 aliphatic carbocycles. The summed E-state index contributed by atoms with van der Waals surface area (Å²) in [6.45, 7) is 6.69. The molecule has 2 aliphatic rings. The van der Waals surface area contributed by atoms with E-state index in [1.54, 1.807) is 13.2 Å². The van der Waals surface area contributed by atoms with Gasteiger partial charge in [-0.3, -0.25) is 9.69 Å². The summed E-state index contributed by atoms with van der Waals surface area (Å²) in [6.07, 6.45) is 2.99. The van der Waals surface area contributed by atoms with Crippen LogP contribution >= 0.6 is 11.6 Å². The molecule has 3 aromatic carbocycles. The maximum absolute atomic E-state index is 14.2. The Morgan fingerprint density at radius 1 is 0.960 bits per heavy atom. The van der Waals surface area contributed by atoms with E-state index in [-0.39, 0.29) is 31.9 Å². The fraction of sp³-hybridized carbons (Fsp3) is 0.436. The summed E-state index contributed by atoms with van der Waals surface area (Å²) < 4.78 is 28.3. The van der Waals surface area contributed by atoms with Crippen molar-refractivity contribution in [1.82, 2.24) is 15.5 Å². The number of aryl methyl sites for hydroxylation is 2. The van der Waals surface area contributed by atoms with Crippen molar-refractivity contribution < 1.29 is 33.3 Å². The highest BCUT2D eigenvalue weighted by atomic mass is 35.5. The Morgan fingerprint density at radius 3 is 2.40 bits per heavy atom. The first-order valence-electron chi connectivity index (χ1n) is 17.2. The van der Waals surface area contributed by atoms with Crippen molar-refractivity contribution in [2.75, 3.05) is 53.9 Å². The average Bonchev–Trinajstić information content (AvgIpc) is 3.97. The molecule has 0 bridgehead atoms. The third-order valence-electron chi connectivity index (χ3n) is 9.00. The first kappa shape index (κ1) is 37.2. The molecule has 1 heterocycles. The molecule has 10 nitrogen and oxygen atoms in total. The molecule has 0 spiro atoms. The zero-order valence-electron chi connectivity index (χ0n) is 29.4. The average molecular weight is 706 g/mol. The molecular formula is C39H48ClN3O7. The van der Waals surface area contributed by atoms with Crippen molar-refractivity contribution >= 4 is 29.2 Å². The summed E-state index contributed by atoms with van der Waals surface area (Å²) in [7, 11) is 3.11. The fourth-order valence-corrected chi connectivity index (χ4v) is 6.54. The molecule has 1 fully saturated rings. The normalized spacial score (nSPS) is 16.2. The number of amides is 2. The molecule has 50 heavy (non-hydrogen) atoms. The van der Waals surface area contributed by atoms with Gasteiger partial charge in [-0.15, -0.1) is 0 Å². The van der Waals surface area contributed by atoms with Gasteiger partial charge >= 0.3 is 6.09 Å². The van der Waals surface area contributed by atoms with Gasteiger partial charge in [0.15, 0.2) is 0 Å². The molecule has 2 amide bonds. The van der Waals surface area contributed by atoms with Crippen LogP contribution < -0.4 is 20.1 Å². The number of ether oxygens (including phenoxy) is 5. The minimum atomic E-state index is -0.479. The van der Waals surface area contributed by atoms with Crippen molar-refractivity contribution in [1.29, 1.82) is 0 Å². The molecule has 0 saturated heterocycles. The summed E-state index contributed by atoms with van der Waals surface area (Å²) in [6, 6.07) is 19.9. The standard InChI is InChI=1S/C39H48ClN3O7/c1-26-6-5-7-27(2)37(26)49-21-20-48-32-13-9-29(10-14-32)33-16-18-43(31-11-12-31)35(24-47-25-46-4)36(33)38(44)42-23-30-22-28(8-15-34(30)40)17-19-50-39(45)41-3/h5-10,13-15,22,31,35H,11-12,16-21,23-25H2,1-4H3,(H,41,45)(H,42,44)/t35-/m1/s1. The zero-order valence-corrected chi connectivity index (χ0v) is 30.1. The van der Waals surface area contributed by atoms with E-state index in [0.717, 1.165) is 70.7 Å². The van der Waals surface area contributed by atoms with Gasteiger partial charge in [0.1, 0.15) is 31.5 Å². The number of nitrogens with one attached hydrogen (secondary N) is 2. The lowest BCUT2D eigenvalue weighted by Gasteiger charge is -2.38. The lowest BCUT2D eigenvalue weighted by molar-refractivity contribution is -0.119. The Balaban J connectivity index is 1.32. The molecule has 268 valence electrons. The van der Waals surface area contributed by atoms with E-state index in [2.05, 4.69) is 15.5 Å². The number of hydrogen-bond donors (Lipinski definition) is 2. The van der Waals surface area contributed by atoms with Crippen LogP contribution in [0, 0.1) is 13.8 Å². The molecule has 5 rings (SSSR count). The predicted octanol–water partition coefficient (Wildman–Crippen LogP) is 6.24. The van der Waals surface area contributed by atoms with Gasteiger partial charge in [-0.2, -0.15) is 0 Å². The number of hydrogen-bond acceptors (Lipinski definition) is 8. The van der Waals surface area contributed by atoms with Crippen LogP contribution in [0.4, 0.5) is 4.79 Å². The Kier molecular flexibility index (Phi) is 13.6. The smallest absolute Gasteiger partial charge is 0.406 e. The van der Waals surface area contributed by atoms with E-state index >= 15 is 0 Å². The maximum atomic E-state index is 14.2. The van der Waals surface area contributed by atoms with Crippen molar-refractivity contribution in [3.63, 3.8) is 0 Å². The Hall–Kier alpha value is -4.09. The minimum Gasteiger partial charge on any atom is -0.490 e. The van der Waals surface area contributed by atoms with E-state index < -0.39 is 6.09 Å². The first-order chi connectivity index (χ1) is 24.3. The number of halogens is 1. The van der Waals surface area contributed by atoms with Crippen molar-refractivity contribution in [3.05, 3.63) is 99.1 Å². The summed E-state index contributed by atoms with van der Waals surface area (Å²) in [5.74, 6) is 1.47. The van der Waals surface area contributed by atoms with E-state index in [1.165, 1.54) is 7.05 Å². The second-order valence-corrected chi connectivity index (χ2v) is 13.0. The molecule has 0 radical (unpaired) electrons. The zero-order chi connectivity index (χ0) is 35.5. The van der Waals surface area contributed by atoms with Gasteiger partial charge < -0.3 is 34.3 Å². The highest BCUT2D eigenvalue weighted by molar-refractivity contribution is 6.31. The van der Waals surface area contributed by atoms with Crippen LogP contribution in [0.2, 0.25) is 5.02 Å². The van der Waals surface area contributed by atoms with E-state index in [0.29, 0.717) is 42.9 Å². The molecule has 1 atom stereocenters. The van der Waals surface area contributed by atoms with Gasteiger partial charge in [0.2, 0.25) is 5.91 Å². The highest BCUT2D eigenvalue weighted by Gasteiger charge is 2.41. The molecule has 0 unspecified atom stereocenters. The number of carbonyl (C=O) groups excluding carboxylic acids is 2. The maximum Gasteiger partial charge on any atom is 0.406 e. The van der Waals surface area contributed by atoms with Crippen molar-refractivity contribution in [3.8, 4) is 11.5 Å². The summed E-state index contributed by atoms with van der Waals surface area (Å²) >= 11 is 6.57. The Labute approximate surface area is 300 Å². The van der Waals surface area contributed by atoms with Gasteiger partial charge in [-0.1, -0.05) is 54.1 Å². The number of nitrogens with zero attached hydrogens (tertiary/aromatic N) is 1. The van der Waals surface area contributed by atoms with Crippen LogP contribution in [-0.2, 0) is 32.0 Å². The van der Waals surface area contributed by atoms with Crippen LogP contribution in [0.1, 0.15) is 47.1 Å². The molecule has 1 aliphatic heterocycles. The second-order valence-electron chi connectivity index (χ2n) is 12.6. The van der Waals surface area contributed by atoms with E-state index in [9.17, 15) is 9.59 Å². The molecule has 2 N–H and O–H groups in total. The predicted molar refractivity (Wildman–Crippen MR) is 194 cm³/mol. The van der Waals surface area contributed by atoms with E-state index in [4.69, 9.17) is 35.3 Å². The molecule has 11 heteroatoms. The summed E-state index contributed by atoms with van der Waals surface area (Å²) in [4.78, 5) is 28.1. The van der Waals surface area contributed by atoms with Gasteiger partial charge in [0.05, 0.1) is 19.3 Å². The first-order valence-corrected chi connectivity index (χ1v) is 17.5. The van der Waals surface area contributed by atoms with Crippen molar-refractivity contribution in [2.24, 2.45) is 0 Å². The van der Waals surface area contributed by atoms with Gasteiger partial charge in [-0.25, -0.2) is 4.79 Å².